The number of rotatable bonds is 1. The van der Waals surface area contributed by atoms with Crippen LogP contribution in [0.3, 0.4) is 0 Å². The van der Waals surface area contributed by atoms with Gasteiger partial charge in [0.2, 0.25) is 0 Å². The van der Waals surface area contributed by atoms with E-state index in [1.54, 1.807) is 6.08 Å². The van der Waals surface area contributed by atoms with Gasteiger partial charge in [0.05, 0.1) is 13.2 Å². The lowest BCUT2D eigenvalue weighted by atomic mass is 9.64. The molecule has 72 valence electrons. The Morgan fingerprint density at radius 2 is 2.54 bits per heavy atom. The molecule has 0 spiro atoms. The van der Waals surface area contributed by atoms with Gasteiger partial charge in [-0.3, -0.25) is 0 Å². The highest BCUT2D eigenvalue weighted by Gasteiger charge is 2.51. The maximum atomic E-state index is 11.0. The number of ether oxygens (including phenoxy) is 2. The predicted octanol–water partition coefficient (Wildman–Crippen LogP) is 1.28. The van der Waals surface area contributed by atoms with Crippen molar-refractivity contribution < 1.29 is 14.3 Å². The molecule has 2 fully saturated rings. The zero-order valence-electron chi connectivity index (χ0n) is 8.00. The molecule has 1 saturated carbocycles. The Morgan fingerprint density at radius 3 is 3.15 bits per heavy atom. The van der Waals surface area contributed by atoms with Crippen LogP contribution in [-0.4, -0.2) is 25.8 Å². The van der Waals surface area contributed by atoms with Crippen LogP contribution in [0.25, 0.3) is 0 Å². The maximum absolute atomic E-state index is 11.0. The molecule has 2 aliphatic rings. The second kappa shape index (κ2) is 2.84. The number of carbonyl (C=O) groups excluding carboxylic acids is 1. The molecular weight excluding hydrogens is 168 g/mol. The predicted molar refractivity (Wildman–Crippen MR) is 47.2 cm³/mol. The van der Waals surface area contributed by atoms with Crippen LogP contribution in [0.5, 0.6) is 0 Å². The van der Waals surface area contributed by atoms with E-state index in [-0.39, 0.29) is 12.1 Å². The van der Waals surface area contributed by atoms with Gasteiger partial charge in [-0.1, -0.05) is 6.92 Å². The number of hydrogen-bond donors (Lipinski definition) is 0. The highest BCUT2D eigenvalue weighted by molar-refractivity contribution is 5.83. The Labute approximate surface area is 77.7 Å². The first-order valence-electron chi connectivity index (χ1n) is 4.56. The maximum Gasteiger partial charge on any atom is 0.330 e. The normalized spacial score (nSPS) is 39.8. The summed E-state index contributed by atoms with van der Waals surface area (Å²) in [7, 11) is 1.40. The van der Waals surface area contributed by atoms with E-state index >= 15 is 0 Å². The Kier molecular flexibility index (Phi) is 1.91. The third-order valence-corrected chi connectivity index (χ3v) is 3.04. The van der Waals surface area contributed by atoms with Gasteiger partial charge < -0.3 is 9.47 Å². The second-order valence-electron chi connectivity index (χ2n) is 4.07. The van der Waals surface area contributed by atoms with E-state index in [0.717, 1.165) is 25.0 Å². The fraction of sp³-hybridized carbons (Fsp3) is 0.700. The average Bonchev–Trinajstić information content (AvgIpc) is 2.38. The van der Waals surface area contributed by atoms with Crippen LogP contribution in [0.1, 0.15) is 19.8 Å². The minimum Gasteiger partial charge on any atom is -0.466 e. The average molecular weight is 182 g/mol. The van der Waals surface area contributed by atoms with E-state index in [1.165, 1.54) is 7.11 Å². The smallest absolute Gasteiger partial charge is 0.330 e. The van der Waals surface area contributed by atoms with Gasteiger partial charge >= 0.3 is 5.97 Å². The van der Waals surface area contributed by atoms with Gasteiger partial charge in [-0.05, 0) is 18.4 Å². The zero-order valence-corrected chi connectivity index (χ0v) is 8.00. The molecule has 2 atom stereocenters. The summed E-state index contributed by atoms with van der Waals surface area (Å²) in [4.78, 5) is 11.0. The van der Waals surface area contributed by atoms with Crippen molar-refractivity contribution in [2.45, 2.75) is 25.9 Å². The second-order valence-corrected chi connectivity index (χ2v) is 4.07. The first kappa shape index (κ1) is 8.75. The van der Waals surface area contributed by atoms with Crippen LogP contribution in [-0.2, 0) is 14.3 Å². The van der Waals surface area contributed by atoms with E-state index < -0.39 is 0 Å². The van der Waals surface area contributed by atoms with Crippen molar-refractivity contribution in [1.29, 1.82) is 0 Å². The number of hydrogen-bond acceptors (Lipinski definition) is 3. The lowest BCUT2D eigenvalue weighted by Crippen LogP contribution is -2.41. The van der Waals surface area contributed by atoms with Crippen molar-refractivity contribution in [3.05, 3.63) is 11.6 Å². The number of fused-ring (bicyclic) bond motifs is 1. The van der Waals surface area contributed by atoms with Crippen molar-refractivity contribution in [3.63, 3.8) is 0 Å². The molecule has 1 aliphatic heterocycles. The molecule has 3 heteroatoms. The Balaban J connectivity index is 2.07. The largest absolute Gasteiger partial charge is 0.466 e. The van der Waals surface area contributed by atoms with Crippen molar-refractivity contribution in [2.24, 2.45) is 5.41 Å². The van der Waals surface area contributed by atoms with Crippen LogP contribution in [0.4, 0.5) is 0 Å². The topological polar surface area (TPSA) is 35.5 Å². The molecular formula is C10H14O3. The summed E-state index contributed by atoms with van der Waals surface area (Å²) < 4.78 is 10.1. The first-order chi connectivity index (χ1) is 6.15. The standard InChI is InChI=1S/C10H14O3/c1-10-3-4-13-9(10)7(6-10)5-8(11)12-2/h5,9H,3-4,6H2,1-2H3/b7-5+/t9-,10+/m1/s1. The van der Waals surface area contributed by atoms with Crippen molar-refractivity contribution in [3.8, 4) is 0 Å². The number of carbonyl (C=O) groups is 1. The molecule has 0 aromatic carbocycles. The molecule has 2 rings (SSSR count). The fourth-order valence-electron chi connectivity index (χ4n) is 2.24. The molecule has 0 N–H and O–H groups in total. The quantitative estimate of drug-likeness (QED) is 0.452. The molecule has 3 nitrogen and oxygen atoms in total. The monoisotopic (exact) mass is 182 g/mol. The van der Waals surface area contributed by atoms with Crippen LogP contribution >= 0.6 is 0 Å². The van der Waals surface area contributed by atoms with E-state index in [1.807, 2.05) is 0 Å². The van der Waals surface area contributed by atoms with Gasteiger partial charge in [-0.15, -0.1) is 0 Å². The van der Waals surface area contributed by atoms with Crippen molar-refractivity contribution in [2.75, 3.05) is 13.7 Å². The molecule has 13 heavy (non-hydrogen) atoms. The summed E-state index contributed by atoms with van der Waals surface area (Å²) in [5.41, 5.74) is 1.38. The van der Waals surface area contributed by atoms with E-state index in [0.29, 0.717) is 5.41 Å². The van der Waals surface area contributed by atoms with Gasteiger partial charge in [0.1, 0.15) is 0 Å². The SMILES string of the molecule is COC(=O)/C=C1\C[C@]2(C)CCO[C@H]12. The van der Waals surface area contributed by atoms with E-state index in [4.69, 9.17) is 4.74 Å². The highest BCUT2D eigenvalue weighted by Crippen LogP contribution is 2.53. The van der Waals surface area contributed by atoms with Gasteiger partial charge in [0.25, 0.3) is 0 Å². The third-order valence-electron chi connectivity index (χ3n) is 3.04. The van der Waals surface area contributed by atoms with Gasteiger partial charge in [0.15, 0.2) is 0 Å². The minimum atomic E-state index is -0.271. The van der Waals surface area contributed by atoms with E-state index in [9.17, 15) is 4.79 Å². The van der Waals surface area contributed by atoms with Crippen LogP contribution in [0, 0.1) is 5.41 Å². The Bertz CT molecular complexity index is 269. The summed E-state index contributed by atoms with van der Waals surface area (Å²) in [5.74, 6) is -0.271. The number of methoxy groups -OCH3 is 1. The molecule has 1 heterocycles. The Hall–Kier alpha value is -0.830. The van der Waals surface area contributed by atoms with Gasteiger partial charge in [0, 0.05) is 18.1 Å². The first-order valence-corrected chi connectivity index (χ1v) is 4.56. The van der Waals surface area contributed by atoms with Gasteiger partial charge in [-0.25, -0.2) is 4.79 Å². The van der Waals surface area contributed by atoms with Crippen molar-refractivity contribution >= 4 is 5.97 Å². The summed E-state index contributed by atoms with van der Waals surface area (Å²) in [6, 6.07) is 0. The fourth-order valence-corrected chi connectivity index (χ4v) is 2.24. The molecule has 0 radical (unpaired) electrons. The lowest BCUT2D eigenvalue weighted by molar-refractivity contribution is -0.135. The molecule has 0 unspecified atom stereocenters. The van der Waals surface area contributed by atoms with Gasteiger partial charge in [-0.2, -0.15) is 0 Å². The summed E-state index contributed by atoms with van der Waals surface area (Å²) in [5, 5.41) is 0. The molecule has 1 aliphatic carbocycles. The summed E-state index contributed by atoms with van der Waals surface area (Å²) >= 11 is 0. The molecule has 0 bridgehead atoms. The van der Waals surface area contributed by atoms with Crippen LogP contribution in [0.2, 0.25) is 0 Å². The number of esters is 1. The molecule has 0 amide bonds. The van der Waals surface area contributed by atoms with E-state index in [2.05, 4.69) is 11.7 Å². The summed E-state index contributed by atoms with van der Waals surface area (Å²) in [6.45, 7) is 3.03. The third kappa shape index (κ3) is 1.27. The molecule has 0 aromatic rings. The zero-order chi connectivity index (χ0) is 9.47. The minimum absolute atomic E-state index is 0.173. The summed E-state index contributed by atoms with van der Waals surface area (Å²) in [6.07, 6.45) is 3.83. The Morgan fingerprint density at radius 1 is 1.77 bits per heavy atom. The van der Waals surface area contributed by atoms with Crippen LogP contribution < -0.4 is 0 Å². The molecule has 1 saturated heterocycles. The highest BCUT2D eigenvalue weighted by atomic mass is 16.5. The van der Waals surface area contributed by atoms with Crippen molar-refractivity contribution in [1.82, 2.24) is 0 Å². The lowest BCUT2D eigenvalue weighted by Gasteiger charge is -2.42. The van der Waals surface area contributed by atoms with Crippen LogP contribution in [0.15, 0.2) is 11.6 Å². The molecule has 0 aromatic heterocycles.